The molecule has 0 fully saturated rings. The van der Waals surface area contributed by atoms with E-state index >= 15 is 0 Å². The van der Waals surface area contributed by atoms with Gasteiger partial charge in [0.25, 0.3) is 0 Å². The molecule has 1 unspecified atom stereocenters. The van der Waals surface area contributed by atoms with Crippen LogP contribution in [-0.2, 0) is 0 Å². The number of benzene rings is 3. The number of nitrogens with zero attached hydrogens (tertiary/aromatic N) is 4. The van der Waals surface area contributed by atoms with Gasteiger partial charge >= 0.3 is 0 Å². The maximum atomic E-state index is 6.66. The zero-order chi connectivity index (χ0) is 20.3. The Morgan fingerprint density at radius 1 is 0.800 bits per heavy atom. The molecule has 3 aromatic carbocycles. The number of rotatable bonds is 5. The fourth-order valence-electron chi connectivity index (χ4n) is 3.82. The molecule has 0 saturated carbocycles. The second-order valence-electron chi connectivity index (χ2n) is 7.00. The van der Waals surface area contributed by atoms with Crippen molar-refractivity contribution >= 4 is 11.6 Å². The van der Waals surface area contributed by atoms with E-state index in [1.54, 1.807) is 6.20 Å². The zero-order valence-corrected chi connectivity index (χ0v) is 16.9. The van der Waals surface area contributed by atoms with Crippen molar-refractivity contribution in [1.82, 2.24) is 19.3 Å². The molecule has 30 heavy (non-hydrogen) atoms. The molecule has 0 bridgehead atoms. The molecule has 4 nitrogen and oxygen atoms in total. The van der Waals surface area contributed by atoms with Crippen LogP contribution in [0.15, 0.2) is 110 Å². The van der Waals surface area contributed by atoms with E-state index in [4.69, 9.17) is 16.7 Å². The quantitative estimate of drug-likeness (QED) is 0.354. The molecular formula is C25H19ClN4. The minimum atomic E-state index is -0.0857. The first-order valence-electron chi connectivity index (χ1n) is 9.73. The van der Waals surface area contributed by atoms with E-state index in [1.165, 1.54) is 0 Å². The summed E-state index contributed by atoms with van der Waals surface area (Å²) >= 11 is 6.66. The van der Waals surface area contributed by atoms with E-state index in [0.29, 0.717) is 5.02 Å². The van der Waals surface area contributed by atoms with Gasteiger partial charge in [-0.1, -0.05) is 78.3 Å². The van der Waals surface area contributed by atoms with Crippen LogP contribution in [0.2, 0.25) is 5.02 Å². The van der Waals surface area contributed by atoms with Crippen molar-refractivity contribution in [2.45, 2.75) is 6.04 Å². The van der Waals surface area contributed by atoms with Crippen LogP contribution in [0.25, 0.3) is 16.9 Å². The van der Waals surface area contributed by atoms with Gasteiger partial charge in [-0.15, -0.1) is 0 Å². The maximum Gasteiger partial charge on any atom is 0.0954 e. The van der Waals surface area contributed by atoms with Crippen molar-refractivity contribution in [1.29, 1.82) is 0 Å². The molecule has 0 radical (unpaired) electrons. The first kappa shape index (κ1) is 18.4. The monoisotopic (exact) mass is 410 g/mol. The van der Waals surface area contributed by atoms with Gasteiger partial charge in [0.15, 0.2) is 0 Å². The van der Waals surface area contributed by atoms with Crippen molar-refractivity contribution in [3.05, 3.63) is 126 Å². The summed E-state index contributed by atoms with van der Waals surface area (Å²) in [7, 11) is 0. The topological polar surface area (TPSA) is 35.6 Å². The third-order valence-corrected chi connectivity index (χ3v) is 5.49. The molecule has 2 heterocycles. The zero-order valence-electron chi connectivity index (χ0n) is 16.1. The van der Waals surface area contributed by atoms with Crippen LogP contribution < -0.4 is 0 Å². The molecule has 146 valence electrons. The molecule has 0 spiro atoms. The summed E-state index contributed by atoms with van der Waals surface area (Å²) in [5.74, 6) is 0. The van der Waals surface area contributed by atoms with Gasteiger partial charge in [-0.25, -0.2) is 9.67 Å². The Labute approximate surface area is 180 Å². The number of para-hydroxylation sites is 1. The molecule has 5 rings (SSSR count). The second kappa shape index (κ2) is 8.01. The molecule has 1 atom stereocenters. The minimum absolute atomic E-state index is 0.0857. The number of hydrogen-bond donors (Lipinski definition) is 0. The maximum absolute atomic E-state index is 6.66. The summed E-state index contributed by atoms with van der Waals surface area (Å²) in [4.78, 5) is 4.29. The molecular weight excluding hydrogens is 392 g/mol. The summed E-state index contributed by atoms with van der Waals surface area (Å²) in [5, 5.41) is 5.47. The highest BCUT2D eigenvalue weighted by atomic mass is 35.5. The summed E-state index contributed by atoms with van der Waals surface area (Å²) in [6, 6.07) is 28.3. The normalized spacial score (nSPS) is 12.0. The minimum Gasteiger partial charge on any atom is -0.326 e. The summed E-state index contributed by atoms with van der Waals surface area (Å²) < 4.78 is 4.06. The van der Waals surface area contributed by atoms with Gasteiger partial charge in [0.2, 0.25) is 0 Å². The smallest absolute Gasteiger partial charge is 0.0954 e. The number of hydrogen-bond acceptors (Lipinski definition) is 2. The molecule has 2 aromatic heterocycles. The van der Waals surface area contributed by atoms with Gasteiger partial charge in [0.1, 0.15) is 0 Å². The standard InChI is InChI=1S/C25H19ClN4/c26-23-14-8-7-13-21(23)25-22(17-28-30(25)20-11-5-2-6-12-20)24(29-16-15-27-18-29)19-9-3-1-4-10-19/h1-18,24H. The van der Waals surface area contributed by atoms with E-state index in [1.807, 2.05) is 84.1 Å². The Hall–Kier alpha value is -3.63. The van der Waals surface area contributed by atoms with Gasteiger partial charge < -0.3 is 4.57 Å². The third kappa shape index (κ3) is 3.31. The molecule has 5 heteroatoms. The fraction of sp³-hybridized carbons (Fsp3) is 0.0400. The van der Waals surface area contributed by atoms with E-state index in [9.17, 15) is 0 Å². The number of halogens is 1. The molecule has 0 N–H and O–H groups in total. The first-order chi connectivity index (χ1) is 14.8. The van der Waals surface area contributed by atoms with Crippen LogP contribution in [-0.4, -0.2) is 19.3 Å². The summed E-state index contributed by atoms with van der Waals surface area (Å²) in [5.41, 5.74) is 5.09. The van der Waals surface area contributed by atoms with Crippen molar-refractivity contribution in [3.63, 3.8) is 0 Å². The van der Waals surface area contributed by atoms with E-state index < -0.39 is 0 Å². The Balaban J connectivity index is 1.80. The highest BCUT2D eigenvalue weighted by Crippen LogP contribution is 2.38. The number of aromatic nitrogens is 4. The van der Waals surface area contributed by atoms with Gasteiger partial charge in [0, 0.05) is 28.5 Å². The van der Waals surface area contributed by atoms with Crippen molar-refractivity contribution in [2.75, 3.05) is 0 Å². The summed E-state index contributed by atoms with van der Waals surface area (Å²) in [6.45, 7) is 0. The predicted octanol–water partition coefficient (Wildman–Crippen LogP) is 6.03. The van der Waals surface area contributed by atoms with E-state index in [2.05, 4.69) is 33.8 Å². The van der Waals surface area contributed by atoms with Crippen LogP contribution in [0.1, 0.15) is 17.2 Å². The Morgan fingerprint density at radius 2 is 1.50 bits per heavy atom. The lowest BCUT2D eigenvalue weighted by Gasteiger charge is -2.21. The average Bonchev–Trinajstić information content (AvgIpc) is 3.47. The van der Waals surface area contributed by atoms with Gasteiger partial charge in [0.05, 0.1) is 29.9 Å². The summed E-state index contributed by atoms with van der Waals surface area (Å²) in [6.07, 6.45) is 7.55. The lowest BCUT2D eigenvalue weighted by molar-refractivity contribution is 0.678. The molecule has 0 aliphatic heterocycles. The molecule has 0 amide bonds. The Bertz CT molecular complexity index is 1250. The molecule has 0 aliphatic rings. The Kier molecular flexibility index (Phi) is 4.91. The highest BCUT2D eigenvalue weighted by Gasteiger charge is 2.25. The largest absolute Gasteiger partial charge is 0.326 e. The van der Waals surface area contributed by atoms with Crippen molar-refractivity contribution < 1.29 is 0 Å². The molecule has 0 saturated heterocycles. The first-order valence-corrected chi connectivity index (χ1v) is 10.1. The predicted molar refractivity (Wildman–Crippen MR) is 120 cm³/mol. The lowest BCUT2D eigenvalue weighted by Crippen LogP contribution is -2.12. The lowest BCUT2D eigenvalue weighted by atomic mass is 9.96. The van der Waals surface area contributed by atoms with Crippen LogP contribution in [0.4, 0.5) is 0 Å². The van der Waals surface area contributed by atoms with Gasteiger partial charge in [-0.3, -0.25) is 0 Å². The van der Waals surface area contributed by atoms with Crippen LogP contribution in [0, 0.1) is 0 Å². The molecule has 0 aliphatic carbocycles. The van der Waals surface area contributed by atoms with Gasteiger partial charge in [-0.2, -0.15) is 5.10 Å². The van der Waals surface area contributed by atoms with Gasteiger partial charge in [-0.05, 0) is 23.8 Å². The van der Waals surface area contributed by atoms with E-state index in [-0.39, 0.29) is 6.04 Å². The number of imidazole rings is 1. The van der Waals surface area contributed by atoms with E-state index in [0.717, 1.165) is 28.1 Å². The average molecular weight is 411 g/mol. The van der Waals surface area contributed by atoms with Crippen molar-refractivity contribution in [2.24, 2.45) is 0 Å². The van der Waals surface area contributed by atoms with Crippen LogP contribution in [0.3, 0.4) is 0 Å². The Morgan fingerprint density at radius 3 is 2.20 bits per heavy atom. The third-order valence-electron chi connectivity index (χ3n) is 5.16. The second-order valence-corrected chi connectivity index (χ2v) is 7.41. The van der Waals surface area contributed by atoms with Crippen molar-refractivity contribution in [3.8, 4) is 16.9 Å². The van der Waals surface area contributed by atoms with Crippen LogP contribution in [0.5, 0.6) is 0 Å². The SMILES string of the molecule is Clc1ccccc1-c1c(C(c2ccccc2)n2ccnc2)cnn1-c1ccccc1. The van der Waals surface area contributed by atoms with Crippen LogP contribution >= 0.6 is 11.6 Å². The fourth-order valence-corrected chi connectivity index (χ4v) is 4.04. The molecule has 5 aromatic rings. The highest BCUT2D eigenvalue weighted by molar-refractivity contribution is 6.33.